The second kappa shape index (κ2) is 5.89. The Hall–Kier alpha value is -2.44. The number of nitrogens with zero attached hydrogens (tertiary/aromatic N) is 5. The van der Waals surface area contributed by atoms with Gasteiger partial charge >= 0.3 is 0 Å². The van der Waals surface area contributed by atoms with Crippen molar-refractivity contribution in [1.29, 1.82) is 0 Å². The fourth-order valence-corrected chi connectivity index (χ4v) is 3.90. The van der Waals surface area contributed by atoms with Crippen molar-refractivity contribution in [3.05, 3.63) is 18.6 Å². The molecule has 2 aromatic rings. The van der Waals surface area contributed by atoms with Crippen LogP contribution < -0.4 is 9.80 Å². The minimum absolute atomic E-state index is 0.136. The molecule has 1 saturated carbocycles. The van der Waals surface area contributed by atoms with E-state index in [1.165, 1.54) is 12.8 Å². The van der Waals surface area contributed by atoms with Gasteiger partial charge < -0.3 is 9.80 Å². The molecular formula is C17H22N6O. The first-order valence-electron chi connectivity index (χ1n) is 8.62. The number of rotatable bonds is 3. The molecule has 0 radical (unpaired) electrons. The highest BCUT2D eigenvalue weighted by Crippen LogP contribution is 2.40. The Balaban J connectivity index is 1.84. The van der Waals surface area contributed by atoms with E-state index in [0.29, 0.717) is 11.9 Å². The van der Waals surface area contributed by atoms with Crippen molar-refractivity contribution in [3.8, 4) is 11.4 Å². The molecule has 126 valence electrons. The number of nitrogens with one attached hydrogen (secondary N) is 1. The van der Waals surface area contributed by atoms with Crippen molar-refractivity contribution in [2.75, 3.05) is 16.8 Å². The number of carbonyl (C=O) groups excluding carboxylic acids is 1. The molecule has 4 rings (SSSR count). The van der Waals surface area contributed by atoms with Gasteiger partial charge in [-0.05, 0) is 19.3 Å². The number of anilines is 2. The average molecular weight is 326 g/mol. The van der Waals surface area contributed by atoms with Crippen molar-refractivity contribution >= 4 is 17.4 Å². The lowest BCUT2D eigenvalue weighted by Crippen LogP contribution is -2.55. The molecule has 0 bridgehead atoms. The molecular weight excluding hydrogens is 304 g/mol. The topological polar surface area (TPSA) is 78.0 Å². The molecule has 1 amide bonds. The van der Waals surface area contributed by atoms with E-state index >= 15 is 0 Å². The van der Waals surface area contributed by atoms with Crippen LogP contribution in [0.4, 0.5) is 11.5 Å². The van der Waals surface area contributed by atoms with E-state index in [-0.39, 0.29) is 11.9 Å². The van der Waals surface area contributed by atoms with Crippen LogP contribution >= 0.6 is 0 Å². The maximum atomic E-state index is 12.8. The van der Waals surface area contributed by atoms with E-state index in [1.807, 2.05) is 7.05 Å². The van der Waals surface area contributed by atoms with Crippen molar-refractivity contribution in [2.45, 2.75) is 51.1 Å². The maximum Gasteiger partial charge on any atom is 0.249 e. The maximum absolute atomic E-state index is 12.8. The molecule has 1 aliphatic heterocycles. The highest BCUT2D eigenvalue weighted by molar-refractivity contribution is 6.04. The van der Waals surface area contributed by atoms with Gasteiger partial charge in [0.1, 0.15) is 11.7 Å². The van der Waals surface area contributed by atoms with E-state index in [0.717, 1.165) is 36.3 Å². The molecule has 0 spiro atoms. The monoisotopic (exact) mass is 326 g/mol. The Morgan fingerprint density at radius 2 is 2.08 bits per heavy atom. The largest absolute Gasteiger partial charge is 0.340 e. The van der Waals surface area contributed by atoms with Crippen LogP contribution in [0.15, 0.2) is 18.6 Å². The Morgan fingerprint density at radius 3 is 2.75 bits per heavy atom. The van der Waals surface area contributed by atoms with Gasteiger partial charge in [0.25, 0.3) is 0 Å². The fraction of sp³-hybridized carbons (Fsp3) is 0.529. The lowest BCUT2D eigenvalue weighted by Gasteiger charge is -2.43. The van der Waals surface area contributed by atoms with Gasteiger partial charge in [-0.25, -0.2) is 9.97 Å². The number of likely N-dealkylation sites (N-methyl/N-ethyl adjacent to an activating group) is 1. The molecule has 2 aliphatic rings. The van der Waals surface area contributed by atoms with Gasteiger partial charge in [-0.3, -0.25) is 9.89 Å². The lowest BCUT2D eigenvalue weighted by molar-refractivity contribution is -0.120. The first-order valence-corrected chi connectivity index (χ1v) is 8.62. The van der Waals surface area contributed by atoms with E-state index in [2.05, 4.69) is 27.0 Å². The van der Waals surface area contributed by atoms with Crippen LogP contribution in [0.5, 0.6) is 0 Å². The smallest absolute Gasteiger partial charge is 0.249 e. The van der Waals surface area contributed by atoms with Crippen molar-refractivity contribution in [1.82, 2.24) is 20.2 Å². The summed E-state index contributed by atoms with van der Waals surface area (Å²) in [4.78, 5) is 26.0. The molecule has 1 aliphatic carbocycles. The first kappa shape index (κ1) is 15.1. The third kappa shape index (κ3) is 2.26. The summed E-state index contributed by atoms with van der Waals surface area (Å²) in [7, 11) is 1.82. The molecule has 1 atom stereocenters. The summed E-state index contributed by atoms with van der Waals surface area (Å²) in [6.45, 7) is 2.07. The number of carbonyl (C=O) groups is 1. The molecule has 3 heterocycles. The summed E-state index contributed by atoms with van der Waals surface area (Å²) in [6, 6.07) is 0.246. The predicted molar refractivity (Wildman–Crippen MR) is 91.8 cm³/mol. The third-order valence-electron chi connectivity index (χ3n) is 5.17. The molecule has 1 N–H and O–H groups in total. The van der Waals surface area contributed by atoms with Gasteiger partial charge in [0.15, 0.2) is 11.6 Å². The van der Waals surface area contributed by atoms with Crippen molar-refractivity contribution in [3.63, 3.8) is 0 Å². The molecule has 1 fully saturated rings. The Bertz CT molecular complexity index is 738. The van der Waals surface area contributed by atoms with Crippen LogP contribution in [0.25, 0.3) is 11.4 Å². The number of hydrogen-bond donors (Lipinski definition) is 1. The Kier molecular flexibility index (Phi) is 3.70. The van der Waals surface area contributed by atoms with E-state index < -0.39 is 0 Å². The van der Waals surface area contributed by atoms with Crippen LogP contribution in [-0.4, -0.2) is 45.2 Å². The van der Waals surface area contributed by atoms with Gasteiger partial charge in [-0.1, -0.05) is 19.8 Å². The van der Waals surface area contributed by atoms with E-state index in [4.69, 9.17) is 4.98 Å². The SMILES string of the molecule is CC[C@@H]1C(=O)N(C)c2cnc(-c3cn[nH]c3)nc2N1C1CCCC1. The summed E-state index contributed by atoms with van der Waals surface area (Å²) in [5.74, 6) is 1.65. The van der Waals surface area contributed by atoms with Gasteiger partial charge in [0.2, 0.25) is 5.91 Å². The number of amides is 1. The Labute approximate surface area is 141 Å². The van der Waals surface area contributed by atoms with Crippen molar-refractivity contribution < 1.29 is 4.79 Å². The molecule has 7 heteroatoms. The van der Waals surface area contributed by atoms with E-state index in [1.54, 1.807) is 23.5 Å². The van der Waals surface area contributed by atoms with Gasteiger partial charge in [0.05, 0.1) is 18.0 Å². The number of fused-ring (bicyclic) bond motifs is 1. The number of H-pyrrole nitrogens is 1. The zero-order valence-electron chi connectivity index (χ0n) is 14.1. The standard InChI is InChI=1S/C17H22N6O/c1-3-13-17(24)22(2)14-10-18-15(11-8-19-20-9-11)21-16(14)23(13)12-6-4-5-7-12/h8-10,12-13H,3-7H2,1-2H3,(H,19,20)/t13-/m1/s1. The highest BCUT2D eigenvalue weighted by atomic mass is 16.2. The summed E-state index contributed by atoms with van der Waals surface area (Å²) in [5, 5.41) is 6.78. The number of aromatic nitrogens is 4. The second-order valence-corrected chi connectivity index (χ2v) is 6.56. The normalized spacial score (nSPS) is 21.4. The quantitative estimate of drug-likeness (QED) is 0.937. The third-order valence-corrected chi connectivity index (χ3v) is 5.17. The summed E-state index contributed by atoms with van der Waals surface area (Å²) in [5.41, 5.74) is 1.65. The first-order chi connectivity index (χ1) is 11.7. The van der Waals surface area contributed by atoms with Crippen molar-refractivity contribution in [2.24, 2.45) is 0 Å². The highest BCUT2D eigenvalue weighted by Gasteiger charge is 2.41. The molecule has 0 aromatic carbocycles. The Morgan fingerprint density at radius 1 is 1.29 bits per heavy atom. The number of hydrogen-bond acceptors (Lipinski definition) is 5. The zero-order valence-corrected chi connectivity index (χ0v) is 14.1. The molecule has 2 aromatic heterocycles. The van der Waals surface area contributed by atoms with Crippen LogP contribution in [0.3, 0.4) is 0 Å². The second-order valence-electron chi connectivity index (χ2n) is 6.56. The lowest BCUT2D eigenvalue weighted by atomic mass is 10.0. The minimum Gasteiger partial charge on any atom is -0.340 e. The van der Waals surface area contributed by atoms with Crippen LogP contribution in [0.2, 0.25) is 0 Å². The molecule has 24 heavy (non-hydrogen) atoms. The summed E-state index contributed by atoms with van der Waals surface area (Å²) < 4.78 is 0. The minimum atomic E-state index is -0.141. The summed E-state index contributed by atoms with van der Waals surface area (Å²) in [6.07, 6.45) is 10.7. The number of aromatic amines is 1. The molecule has 0 unspecified atom stereocenters. The zero-order chi connectivity index (χ0) is 16.7. The average Bonchev–Trinajstić information content (AvgIpc) is 3.30. The van der Waals surface area contributed by atoms with Crippen LogP contribution in [0.1, 0.15) is 39.0 Å². The van der Waals surface area contributed by atoms with E-state index in [9.17, 15) is 4.79 Å². The van der Waals surface area contributed by atoms with Crippen LogP contribution in [0, 0.1) is 0 Å². The molecule has 7 nitrogen and oxygen atoms in total. The van der Waals surface area contributed by atoms with Gasteiger partial charge in [0, 0.05) is 19.3 Å². The summed E-state index contributed by atoms with van der Waals surface area (Å²) >= 11 is 0. The van der Waals surface area contributed by atoms with Gasteiger partial charge in [-0.15, -0.1) is 0 Å². The predicted octanol–water partition coefficient (Wildman–Crippen LogP) is 2.37. The van der Waals surface area contributed by atoms with Gasteiger partial charge in [-0.2, -0.15) is 5.10 Å². The fourth-order valence-electron chi connectivity index (χ4n) is 3.90. The van der Waals surface area contributed by atoms with Crippen LogP contribution in [-0.2, 0) is 4.79 Å². The molecule has 0 saturated heterocycles.